The summed E-state index contributed by atoms with van der Waals surface area (Å²) in [7, 11) is 2.05. The zero-order valence-electron chi connectivity index (χ0n) is 12.6. The van der Waals surface area contributed by atoms with Crippen molar-refractivity contribution in [2.24, 2.45) is 5.92 Å². The van der Waals surface area contributed by atoms with Crippen LogP contribution in [0.25, 0.3) is 0 Å². The first-order valence-corrected chi connectivity index (χ1v) is 7.76. The Bertz CT molecular complexity index is 443. The summed E-state index contributed by atoms with van der Waals surface area (Å²) in [5, 5.41) is 3.48. The van der Waals surface area contributed by atoms with E-state index in [0.29, 0.717) is 24.2 Å². The molecular weight excluding hydrogens is 250 g/mol. The molecule has 4 unspecified atom stereocenters. The van der Waals surface area contributed by atoms with Gasteiger partial charge < -0.3 is 14.8 Å². The standard InChI is InChI=1S/C17H25NO2/c1-11(2)19-13-6-4-12(5-7-13)17(18-3)15-10-14-8-9-16(15)20-14/h4-7,11,14-18H,8-10H2,1-3H3. The zero-order chi connectivity index (χ0) is 14.1. The average Bonchev–Trinajstić information content (AvgIpc) is 3.03. The Balaban J connectivity index is 1.72. The van der Waals surface area contributed by atoms with Crippen molar-refractivity contribution < 1.29 is 9.47 Å². The van der Waals surface area contributed by atoms with Crippen molar-refractivity contribution in [2.45, 2.75) is 57.5 Å². The molecule has 2 aliphatic heterocycles. The smallest absolute Gasteiger partial charge is 0.119 e. The average molecular weight is 275 g/mol. The maximum Gasteiger partial charge on any atom is 0.119 e. The molecule has 110 valence electrons. The summed E-state index contributed by atoms with van der Waals surface area (Å²) in [5.74, 6) is 1.55. The van der Waals surface area contributed by atoms with Crippen LogP contribution < -0.4 is 10.1 Å². The van der Waals surface area contributed by atoms with Crippen molar-refractivity contribution in [2.75, 3.05) is 7.05 Å². The van der Waals surface area contributed by atoms with E-state index in [2.05, 4.69) is 50.5 Å². The highest BCUT2D eigenvalue weighted by atomic mass is 16.5. The van der Waals surface area contributed by atoms with E-state index >= 15 is 0 Å². The quantitative estimate of drug-likeness (QED) is 0.894. The Morgan fingerprint density at radius 1 is 1.20 bits per heavy atom. The molecule has 0 saturated carbocycles. The van der Waals surface area contributed by atoms with E-state index in [9.17, 15) is 0 Å². The van der Waals surface area contributed by atoms with Crippen LogP contribution in [-0.2, 0) is 4.74 Å². The Morgan fingerprint density at radius 3 is 2.45 bits per heavy atom. The van der Waals surface area contributed by atoms with E-state index in [4.69, 9.17) is 9.47 Å². The molecule has 0 amide bonds. The topological polar surface area (TPSA) is 30.5 Å². The second kappa shape index (κ2) is 5.74. The molecule has 1 aromatic carbocycles. The Hall–Kier alpha value is -1.06. The number of benzene rings is 1. The normalized spacial score (nSPS) is 29.9. The highest BCUT2D eigenvalue weighted by Crippen LogP contribution is 2.44. The summed E-state index contributed by atoms with van der Waals surface area (Å²) in [6, 6.07) is 8.91. The number of fused-ring (bicyclic) bond motifs is 2. The fourth-order valence-electron chi connectivity index (χ4n) is 3.68. The molecule has 2 heterocycles. The van der Waals surface area contributed by atoms with Gasteiger partial charge in [-0.2, -0.15) is 0 Å². The van der Waals surface area contributed by atoms with Crippen molar-refractivity contribution >= 4 is 0 Å². The fourth-order valence-corrected chi connectivity index (χ4v) is 3.68. The van der Waals surface area contributed by atoms with Gasteiger partial charge in [0.2, 0.25) is 0 Å². The summed E-state index contributed by atoms with van der Waals surface area (Å²) >= 11 is 0. The van der Waals surface area contributed by atoms with Gasteiger partial charge in [0.1, 0.15) is 5.75 Å². The minimum Gasteiger partial charge on any atom is -0.491 e. The van der Waals surface area contributed by atoms with Gasteiger partial charge in [-0.3, -0.25) is 0 Å². The minimum atomic E-state index is 0.222. The van der Waals surface area contributed by atoms with Crippen LogP contribution in [0.5, 0.6) is 5.75 Å². The predicted molar refractivity (Wildman–Crippen MR) is 80.0 cm³/mol. The maximum absolute atomic E-state index is 6.00. The Morgan fingerprint density at radius 2 is 1.95 bits per heavy atom. The third-order valence-electron chi connectivity index (χ3n) is 4.50. The second-order valence-electron chi connectivity index (χ2n) is 6.28. The molecule has 0 aromatic heterocycles. The van der Waals surface area contributed by atoms with Gasteiger partial charge in [0.25, 0.3) is 0 Å². The molecule has 2 aliphatic rings. The van der Waals surface area contributed by atoms with Crippen molar-refractivity contribution in [1.82, 2.24) is 5.32 Å². The van der Waals surface area contributed by atoms with Crippen LogP contribution in [-0.4, -0.2) is 25.4 Å². The largest absolute Gasteiger partial charge is 0.491 e. The van der Waals surface area contributed by atoms with Gasteiger partial charge in [-0.15, -0.1) is 0 Å². The van der Waals surface area contributed by atoms with Crippen LogP contribution in [0.15, 0.2) is 24.3 Å². The van der Waals surface area contributed by atoms with Crippen LogP contribution in [0.3, 0.4) is 0 Å². The van der Waals surface area contributed by atoms with Crippen LogP contribution in [0.1, 0.15) is 44.7 Å². The lowest BCUT2D eigenvalue weighted by Crippen LogP contribution is -2.31. The van der Waals surface area contributed by atoms with E-state index in [1.165, 1.54) is 24.8 Å². The lowest BCUT2D eigenvalue weighted by molar-refractivity contribution is 0.0863. The van der Waals surface area contributed by atoms with E-state index in [-0.39, 0.29) is 6.10 Å². The summed E-state index contributed by atoms with van der Waals surface area (Å²) < 4.78 is 11.7. The highest BCUT2D eigenvalue weighted by Gasteiger charge is 2.44. The van der Waals surface area contributed by atoms with E-state index in [1.807, 2.05) is 0 Å². The number of hydrogen-bond acceptors (Lipinski definition) is 3. The monoisotopic (exact) mass is 275 g/mol. The van der Waals surface area contributed by atoms with Crippen molar-refractivity contribution in [3.8, 4) is 5.75 Å². The van der Waals surface area contributed by atoms with E-state index in [1.54, 1.807) is 0 Å². The van der Waals surface area contributed by atoms with Gasteiger partial charge in [0, 0.05) is 12.0 Å². The van der Waals surface area contributed by atoms with Crippen LogP contribution in [0.4, 0.5) is 0 Å². The van der Waals surface area contributed by atoms with Crippen molar-refractivity contribution in [3.05, 3.63) is 29.8 Å². The van der Waals surface area contributed by atoms with Crippen molar-refractivity contribution in [3.63, 3.8) is 0 Å². The van der Waals surface area contributed by atoms with Gasteiger partial charge >= 0.3 is 0 Å². The molecule has 0 aliphatic carbocycles. The maximum atomic E-state index is 6.00. The molecule has 2 saturated heterocycles. The fraction of sp³-hybridized carbons (Fsp3) is 0.647. The summed E-state index contributed by atoms with van der Waals surface area (Å²) in [6.45, 7) is 4.10. The van der Waals surface area contributed by atoms with Gasteiger partial charge in [-0.1, -0.05) is 12.1 Å². The first kappa shape index (κ1) is 13.9. The highest BCUT2D eigenvalue weighted by molar-refractivity contribution is 5.30. The number of rotatable bonds is 5. The predicted octanol–water partition coefficient (Wildman–Crippen LogP) is 3.30. The van der Waals surface area contributed by atoms with Gasteiger partial charge in [0.05, 0.1) is 18.3 Å². The van der Waals surface area contributed by atoms with Crippen molar-refractivity contribution in [1.29, 1.82) is 0 Å². The molecule has 4 atom stereocenters. The molecule has 3 nitrogen and oxygen atoms in total. The second-order valence-corrected chi connectivity index (χ2v) is 6.28. The molecule has 0 radical (unpaired) electrons. The zero-order valence-corrected chi connectivity index (χ0v) is 12.6. The minimum absolute atomic E-state index is 0.222. The van der Waals surface area contributed by atoms with E-state index in [0.717, 1.165) is 5.75 Å². The summed E-state index contributed by atoms with van der Waals surface area (Å²) in [5.41, 5.74) is 1.34. The lowest BCUT2D eigenvalue weighted by Gasteiger charge is -2.28. The molecule has 3 rings (SSSR count). The lowest BCUT2D eigenvalue weighted by atomic mass is 9.81. The van der Waals surface area contributed by atoms with Gasteiger partial charge in [0.15, 0.2) is 0 Å². The third kappa shape index (κ3) is 2.70. The summed E-state index contributed by atoms with van der Waals surface area (Å²) in [4.78, 5) is 0. The molecule has 2 fully saturated rings. The molecule has 2 bridgehead atoms. The first-order valence-electron chi connectivity index (χ1n) is 7.76. The molecule has 3 heteroatoms. The van der Waals surface area contributed by atoms with Gasteiger partial charge in [-0.25, -0.2) is 0 Å². The van der Waals surface area contributed by atoms with Crippen LogP contribution in [0.2, 0.25) is 0 Å². The summed E-state index contributed by atoms with van der Waals surface area (Å²) in [6.07, 6.45) is 4.84. The molecule has 1 N–H and O–H groups in total. The van der Waals surface area contributed by atoms with Gasteiger partial charge in [-0.05, 0) is 57.9 Å². The Kier molecular flexibility index (Phi) is 3.99. The number of ether oxygens (including phenoxy) is 2. The third-order valence-corrected chi connectivity index (χ3v) is 4.50. The van der Waals surface area contributed by atoms with E-state index < -0.39 is 0 Å². The molecule has 20 heavy (non-hydrogen) atoms. The number of nitrogens with one attached hydrogen (secondary N) is 1. The van der Waals surface area contributed by atoms with Crippen LogP contribution in [0, 0.1) is 5.92 Å². The van der Waals surface area contributed by atoms with Crippen LogP contribution >= 0.6 is 0 Å². The SMILES string of the molecule is CNC(c1ccc(OC(C)C)cc1)C1CC2CCC1O2. The molecular formula is C17H25NO2. The number of hydrogen-bond donors (Lipinski definition) is 1. The molecule has 0 spiro atoms. The molecule has 1 aromatic rings. The Labute approximate surface area is 121 Å². The first-order chi connectivity index (χ1) is 9.67.